The number of benzene rings is 1. The number of aromatic amines is 1. The van der Waals surface area contributed by atoms with Crippen LogP contribution >= 0.6 is 0 Å². The molecule has 4 rings (SSSR count). The Morgan fingerprint density at radius 1 is 1.13 bits per heavy atom. The number of hydrogen-bond donors (Lipinski definition) is 1. The predicted molar refractivity (Wildman–Crippen MR) is 109 cm³/mol. The smallest absolute Gasteiger partial charge is 0.431 e. The molecule has 0 unspecified atom stereocenters. The number of rotatable bonds is 6. The van der Waals surface area contributed by atoms with Gasteiger partial charge >= 0.3 is 12.2 Å². The zero-order chi connectivity index (χ0) is 21.1. The van der Waals surface area contributed by atoms with Gasteiger partial charge in [-0.2, -0.15) is 0 Å². The molecule has 0 aliphatic carbocycles. The molecule has 0 atom stereocenters. The summed E-state index contributed by atoms with van der Waals surface area (Å²) >= 11 is 0. The van der Waals surface area contributed by atoms with Gasteiger partial charge in [0.25, 0.3) is 0 Å². The van der Waals surface area contributed by atoms with Crippen LogP contribution in [0.25, 0.3) is 21.8 Å². The van der Waals surface area contributed by atoms with E-state index in [1.165, 1.54) is 0 Å². The first-order valence-electron chi connectivity index (χ1n) is 9.31. The molecule has 154 valence electrons. The van der Waals surface area contributed by atoms with Gasteiger partial charge in [0.2, 0.25) is 5.88 Å². The fourth-order valence-corrected chi connectivity index (χ4v) is 3.02. The molecule has 0 aliphatic heterocycles. The molecular formula is C21H20N4O5. The highest BCUT2D eigenvalue weighted by Gasteiger charge is 2.16. The molecule has 9 heteroatoms. The number of hydrogen-bond acceptors (Lipinski definition) is 8. The molecule has 0 saturated carbocycles. The lowest BCUT2D eigenvalue weighted by molar-refractivity contribution is 0.0714. The van der Waals surface area contributed by atoms with E-state index >= 15 is 0 Å². The van der Waals surface area contributed by atoms with Crippen molar-refractivity contribution in [2.75, 3.05) is 7.11 Å². The topological polar surface area (TPSA) is 108 Å². The predicted octanol–water partition coefficient (Wildman–Crippen LogP) is 4.37. The van der Waals surface area contributed by atoms with Gasteiger partial charge in [-0.15, -0.1) is 0 Å². The van der Waals surface area contributed by atoms with Crippen molar-refractivity contribution < 1.29 is 23.7 Å². The van der Waals surface area contributed by atoms with Crippen molar-refractivity contribution in [2.24, 2.45) is 0 Å². The SMILES string of the molecule is COCc1nc(OC(=O)OC(C)C)cc2c1[nH]c1ccc(Oc3ncccn3)cc12. The van der Waals surface area contributed by atoms with E-state index in [-0.39, 0.29) is 24.6 Å². The zero-order valence-corrected chi connectivity index (χ0v) is 16.7. The molecule has 0 saturated heterocycles. The van der Waals surface area contributed by atoms with Crippen LogP contribution in [0.1, 0.15) is 19.5 Å². The number of nitrogens with zero attached hydrogens (tertiary/aromatic N) is 3. The molecule has 9 nitrogen and oxygen atoms in total. The van der Waals surface area contributed by atoms with Crippen molar-refractivity contribution in [3.8, 4) is 17.6 Å². The number of nitrogens with one attached hydrogen (secondary N) is 1. The lowest BCUT2D eigenvalue weighted by Gasteiger charge is -2.09. The Kier molecular flexibility index (Phi) is 5.44. The van der Waals surface area contributed by atoms with Crippen LogP contribution in [-0.2, 0) is 16.1 Å². The van der Waals surface area contributed by atoms with E-state index in [2.05, 4.69) is 19.9 Å². The van der Waals surface area contributed by atoms with Gasteiger partial charge in [-0.3, -0.25) is 0 Å². The Morgan fingerprint density at radius 3 is 2.67 bits per heavy atom. The van der Waals surface area contributed by atoms with Crippen molar-refractivity contribution >= 4 is 28.0 Å². The highest BCUT2D eigenvalue weighted by molar-refractivity contribution is 6.08. The molecule has 0 amide bonds. The van der Waals surface area contributed by atoms with Gasteiger partial charge in [-0.25, -0.2) is 19.7 Å². The van der Waals surface area contributed by atoms with Crippen LogP contribution in [0.5, 0.6) is 17.6 Å². The lowest BCUT2D eigenvalue weighted by atomic mass is 10.1. The van der Waals surface area contributed by atoms with Gasteiger partial charge in [0.05, 0.1) is 23.9 Å². The van der Waals surface area contributed by atoms with E-state index in [0.29, 0.717) is 11.4 Å². The molecule has 1 N–H and O–H groups in total. The Bertz CT molecular complexity index is 1190. The van der Waals surface area contributed by atoms with Crippen LogP contribution in [0.4, 0.5) is 4.79 Å². The molecule has 0 radical (unpaired) electrons. The van der Waals surface area contributed by atoms with E-state index in [0.717, 1.165) is 21.8 Å². The van der Waals surface area contributed by atoms with Crippen molar-refractivity contribution in [1.82, 2.24) is 19.9 Å². The Morgan fingerprint density at radius 2 is 1.93 bits per heavy atom. The summed E-state index contributed by atoms with van der Waals surface area (Å²) in [6.45, 7) is 3.72. The maximum Gasteiger partial charge on any atom is 0.515 e. The third kappa shape index (κ3) is 4.15. The van der Waals surface area contributed by atoms with E-state index in [9.17, 15) is 4.79 Å². The number of ether oxygens (including phenoxy) is 4. The van der Waals surface area contributed by atoms with Gasteiger partial charge in [0, 0.05) is 41.9 Å². The maximum absolute atomic E-state index is 11.9. The number of pyridine rings is 1. The molecule has 0 spiro atoms. The third-order valence-electron chi connectivity index (χ3n) is 4.16. The Labute approximate surface area is 172 Å². The summed E-state index contributed by atoms with van der Waals surface area (Å²) in [6, 6.07) is 9.20. The van der Waals surface area contributed by atoms with Gasteiger partial charge in [-0.1, -0.05) is 0 Å². The quantitative estimate of drug-likeness (QED) is 0.469. The van der Waals surface area contributed by atoms with Crippen LogP contribution in [-0.4, -0.2) is 39.3 Å². The molecule has 30 heavy (non-hydrogen) atoms. The third-order valence-corrected chi connectivity index (χ3v) is 4.16. The monoisotopic (exact) mass is 408 g/mol. The van der Waals surface area contributed by atoms with Crippen molar-refractivity contribution in [1.29, 1.82) is 0 Å². The number of carbonyl (C=O) groups is 1. The second kappa shape index (κ2) is 8.34. The minimum absolute atomic E-state index is 0.124. The molecule has 3 heterocycles. The minimum Gasteiger partial charge on any atom is -0.431 e. The first kappa shape index (κ1) is 19.6. The van der Waals surface area contributed by atoms with Gasteiger partial charge in [0.1, 0.15) is 5.75 Å². The normalized spacial score (nSPS) is 11.2. The van der Waals surface area contributed by atoms with Gasteiger partial charge in [-0.05, 0) is 38.1 Å². The first-order chi connectivity index (χ1) is 14.5. The summed E-state index contributed by atoms with van der Waals surface area (Å²) in [7, 11) is 1.57. The lowest BCUT2D eigenvalue weighted by Crippen LogP contribution is -2.16. The van der Waals surface area contributed by atoms with Crippen molar-refractivity contribution in [3.63, 3.8) is 0 Å². The first-order valence-corrected chi connectivity index (χ1v) is 9.31. The molecule has 0 fully saturated rings. The molecule has 1 aromatic carbocycles. The number of fused-ring (bicyclic) bond motifs is 3. The van der Waals surface area contributed by atoms with E-state index < -0.39 is 6.16 Å². The average molecular weight is 408 g/mol. The summed E-state index contributed by atoms with van der Waals surface area (Å²) in [5, 5.41) is 1.67. The standard InChI is InChI=1S/C21H20N4O5/c1-12(2)28-21(26)30-18-10-15-14-9-13(29-20-22-7-4-8-23-20)5-6-16(14)25-19(15)17(24-18)11-27-3/h4-10,12,25H,11H2,1-3H3. The summed E-state index contributed by atoms with van der Waals surface area (Å²) < 4.78 is 21.3. The van der Waals surface area contributed by atoms with Crippen molar-refractivity contribution in [2.45, 2.75) is 26.6 Å². The van der Waals surface area contributed by atoms with Crippen LogP contribution in [0.3, 0.4) is 0 Å². The largest absolute Gasteiger partial charge is 0.515 e. The zero-order valence-electron chi connectivity index (χ0n) is 16.7. The van der Waals surface area contributed by atoms with Gasteiger partial charge < -0.3 is 23.9 Å². The number of aromatic nitrogens is 4. The second-order valence-corrected chi connectivity index (χ2v) is 6.75. The summed E-state index contributed by atoms with van der Waals surface area (Å²) in [5.74, 6) is 0.695. The van der Waals surface area contributed by atoms with E-state index in [1.54, 1.807) is 45.5 Å². The molecule has 0 bridgehead atoms. The van der Waals surface area contributed by atoms with Crippen LogP contribution < -0.4 is 9.47 Å². The highest BCUT2D eigenvalue weighted by Crippen LogP contribution is 2.33. The average Bonchev–Trinajstić information content (AvgIpc) is 3.07. The second-order valence-electron chi connectivity index (χ2n) is 6.75. The summed E-state index contributed by atoms with van der Waals surface area (Å²) in [5.41, 5.74) is 2.25. The van der Waals surface area contributed by atoms with E-state index in [4.69, 9.17) is 18.9 Å². The number of methoxy groups -OCH3 is 1. The van der Waals surface area contributed by atoms with E-state index in [1.807, 2.05) is 18.2 Å². The van der Waals surface area contributed by atoms with Crippen LogP contribution in [0.15, 0.2) is 42.7 Å². The fourth-order valence-electron chi connectivity index (χ4n) is 3.02. The number of H-pyrrole nitrogens is 1. The Hall–Kier alpha value is -3.72. The molecule has 4 aromatic rings. The van der Waals surface area contributed by atoms with Gasteiger partial charge in [0.15, 0.2) is 0 Å². The van der Waals surface area contributed by atoms with Crippen LogP contribution in [0.2, 0.25) is 0 Å². The Balaban J connectivity index is 1.77. The minimum atomic E-state index is -0.815. The highest BCUT2D eigenvalue weighted by atomic mass is 16.7. The number of carbonyl (C=O) groups excluding carboxylic acids is 1. The molecule has 0 aliphatic rings. The molecule has 3 aromatic heterocycles. The fraction of sp³-hybridized carbons (Fsp3) is 0.238. The maximum atomic E-state index is 11.9. The molecular weight excluding hydrogens is 388 g/mol. The summed E-state index contributed by atoms with van der Waals surface area (Å²) in [6.07, 6.45) is 2.10. The van der Waals surface area contributed by atoms with Crippen molar-refractivity contribution in [3.05, 3.63) is 48.4 Å². The summed E-state index contributed by atoms with van der Waals surface area (Å²) in [4.78, 5) is 27.8. The van der Waals surface area contributed by atoms with Crippen LogP contribution in [0, 0.1) is 0 Å².